The van der Waals surface area contributed by atoms with Gasteiger partial charge in [0.15, 0.2) is 6.29 Å². The minimum atomic E-state index is -0.589. The molecule has 2 aliphatic rings. The van der Waals surface area contributed by atoms with Crippen molar-refractivity contribution >= 4 is 0 Å². The van der Waals surface area contributed by atoms with Gasteiger partial charge in [0.1, 0.15) is 6.10 Å². The van der Waals surface area contributed by atoms with Crippen molar-refractivity contribution in [3.63, 3.8) is 0 Å². The molecule has 2 rings (SSSR count). The number of fused-ring (bicyclic) bond motifs is 2. The smallest absolute Gasteiger partial charge is 0.176 e. The molecule has 0 amide bonds. The summed E-state index contributed by atoms with van der Waals surface area (Å²) in [4.78, 5) is 4.17. The topological polar surface area (TPSA) is 71.2 Å². The second-order valence-electron chi connectivity index (χ2n) is 5.22. The zero-order valence-corrected chi connectivity index (χ0v) is 10.7. The molecule has 0 radical (unpaired) electrons. The minimum absolute atomic E-state index is 0.159. The molecule has 2 fully saturated rings. The summed E-state index contributed by atoms with van der Waals surface area (Å²) in [6.07, 6.45) is -1.09. The number of likely N-dealkylation sites (N-methyl/N-ethyl adjacent to an activating group) is 2. The number of nitrogens with zero attached hydrogens (tertiary/aromatic N) is 2. The molecule has 2 aliphatic heterocycles. The average molecular weight is 245 g/mol. The van der Waals surface area contributed by atoms with Crippen LogP contribution in [0.2, 0.25) is 0 Å². The van der Waals surface area contributed by atoms with E-state index in [0.29, 0.717) is 6.61 Å². The van der Waals surface area contributed by atoms with E-state index in [1.165, 1.54) is 0 Å². The van der Waals surface area contributed by atoms with E-state index in [1.54, 1.807) is 0 Å². The normalized spacial score (nSPS) is 41.5. The third-order valence-electron chi connectivity index (χ3n) is 3.59. The van der Waals surface area contributed by atoms with Crippen LogP contribution in [0, 0.1) is 0 Å². The SMILES string of the molecule is CN(C)CCN(C)[C@H]1[C@@H]2OC[C@@H](O2)[C@@H](N)[C@@H]1O. The maximum Gasteiger partial charge on any atom is 0.176 e. The number of aliphatic hydroxyl groups is 1. The van der Waals surface area contributed by atoms with Gasteiger partial charge in [0.2, 0.25) is 0 Å². The third kappa shape index (κ3) is 2.62. The van der Waals surface area contributed by atoms with Gasteiger partial charge in [-0.25, -0.2) is 0 Å². The van der Waals surface area contributed by atoms with Crippen molar-refractivity contribution in [2.45, 2.75) is 30.6 Å². The van der Waals surface area contributed by atoms with Crippen LogP contribution in [0.3, 0.4) is 0 Å². The first-order valence-electron chi connectivity index (χ1n) is 6.06. The van der Waals surface area contributed by atoms with Gasteiger partial charge in [-0.15, -0.1) is 0 Å². The average Bonchev–Trinajstić information content (AvgIpc) is 2.70. The summed E-state index contributed by atoms with van der Waals surface area (Å²) < 4.78 is 11.2. The quantitative estimate of drug-likeness (QED) is 0.615. The first kappa shape index (κ1) is 13.2. The van der Waals surface area contributed by atoms with Crippen molar-refractivity contribution in [1.82, 2.24) is 9.80 Å². The highest BCUT2D eigenvalue weighted by atomic mass is 16.7. The van der Waals surface area contributed by atoms with Crippen molar-refractivity contribution in [2.24, 2.45) is 5.73 Å². The summed E-state index contributed by atoms with van der Waals surface area (Å²) in [5.74, 6) is 0. The molecule has 6 nitrogen and oxygen atoms in total. The Hall–Kier alpha value is -0.240. The Balaban J connectivity index is 1.98. The van der Waals surface area contributed by atoms with E-state index in [1.807, 2.05) is 21.1 Å². The van der Waals surface area contributed by atoms with E-state index < -0.39 is 6.10 Å². The molecular weight excluding hydrogens is 222 g/mol. The summed E-state index contributed by atoms with van der Waals surface area (Å²) in [6.45, 7) is 2.25. The van der Waals surface area contributed by atoms with Crippen molar-refractivity contribution < 1.29 is 14.6 Å². The van der Waals surface area contributed by atoms with E-state index in [0.717, 1.165) is 13.1 Å². The molecule has 100 valence electrons. The van der Waals surface area contributed by atoms with Gasteiger partial charge in [0, 0.05) is 13.1 Å². The Morgan fingerprint density at radius 1 is 1.29 bits per heavy atom. The Morgan fingerprint density at radius 2 is 2.00 bits per heavy atom. The lowest BCUT2D eigenvalue weighted by atomic mass is 9.96. The zero-order chi connectivity index (χ0) is 12.6. The van der Waals surface area contributed by atoms with Gasteiger partial charge in [0.05, 0.1) is 24.8 Å². The molecule has 0 spiro atoms. The van der Waals surface area contributed by atoms with E-state index in [4.69, 9.17) is 15.2 Å². The van der Waals surface area contributed by atoms with Crippen molar-refractivity contribution in [2.75, 3.05) is 40.8 Å². The fourth-order valence-electron chi connectivity index (χ4n) is 2.41. The molecular formula is C11H23N3O3. The fraction of sp³-hybridized carbons (Fsp3) is 1.00. The zero-order valence-electron chi connectivity index (χ0n) is 10.7. The first-order chi connectivity index (χ1) is 8.00. The van der Waals surface area contributed by atoms with Gasteiger partial charge in [-0.1, -0.05) is 0 Å². The van der Waals surface area contributed by atoms with Crippen LogP contribution in [-0.2, 0) is 9.47 Å². The summed E-state index contributed by atoms with van der Waals surface area (Å²) in [7, 11) is 6.01. The Morgan fingerprint density at radius 3 is 2.65 bits per heavy atom. The highest BCUT2D eigenvalue weighted by Gasteiger charge is 2.49. The number of hydrogen-bond acceptors (Lipinski definition) is 6. The fourth-order valence-corrected chi connectivity index (χ4v) is 2.41. The molecule has 0 saturated carbocycles. The Bertz CT molecular complexity index is 264. The molecule has 0 aromatic carbocycles. The molecule has 0 aromatic rings. The second kappa shape index (κ2) is 5.17. The molecule has 0 aromatic heterocycles. The summed E-state index contributed by atoms with van der Waals surface area (Å²) in [5, 5.41) is 10.2. The predicted octanol–water partition coefficient (Wildman–Crippen LogP) is -1.71. The highest BCUT2D eigenvalue weighted by molar-refractivity contribution is 4.99. The van der Waals surface area contributed by atoms with Gasteiger partial charge in [0.25, 0.3) is 0 Å². The van der Waals surface area contributed by atoms with Gasteiger partial charge in [-0.2, -0.15) is 0 Å². The van der Waals surface area contributed by atoms with Crippen LogP contribution < -0.4 is 5.73 Å². The monoisotopic (exact) mass is 245 g/mol. The number of nitrogens with two attached hydrogens (primary N) is 1. The van der Waals surface area contributed by atoms with Crippen LogP contribution in [0.4, 0.5) is 0 Å². The summed E-state index contributed by atoms with van der Waals surface area (Å²) in [5.41, 5.74) is 5.95. The van der Waals surface area contributed by atoms with E-state index in [-0.39, 0.29) is 24.5 Å². The minimum Gasteiger partial charge on any atom is -0.390 e. The molecule has 2 heterocycles. The highest BCUT2D eigenvalue weighted by Crippen LogP contribution is 2.29. The third-order valence-corrected chi connectivity index (χ3v) is 3.59. The molecule has 17 heavy (non-hydrogen) atoms. The molecule has 3 N–H and O–H groups in total. The van der Waals surface area contributed by atoms with Crippen molar-refractivity contribution in [3.8, 4) is 0 Å². The predicted molar refractivity (Wildman–Crippen MR) is 63.6 cm³/mol. The lowest BCUT2D eigenvalue weighted by Gasteiger charge is -2.41. The Kier molecular flexibility index (Phi) is 4.02. The van der Waals surface area contributed by atoms with Crippen LogP contribution >= 0.6 is 0 Å². The lowest BCUT2D eigenvalue weighted by Crippen LogP contribution is -2.63. The van der Waals surface area contributed by atoms with Crippen LogP contribution in [-0.4, -0.2) is 86.3 Å². The molecule has 6 heteroatoms. The van der Waals surface area contributed by atoms with Crippen molar-refractivity contribution in [3.05, 3.63) is 0 Å². The molecule has 0 aliphatic carbocycles. The van der Waals surface area contributed by atoms with Crippen molar-refractivity contribution in [1.29, 1.82) is 0 Å². The number of rotatable bonds is 4. The van der Waals surface area contributed by atoms with Crippen LogP contribution in [0.25, 0.3) is 0 Å². The van der Waals surface area contributed by atoms with E-state index in [2.05, 4.69) is 9.80 Å². The Labute approximate surface area is 102 Å². The van der Waals surface area contributed by atoms with Gasteiger partial charge in [-0.05, 0) is 21.1 Å². The largest absolute Gasteiger partial charge is 0.390 e. The van der Waals surface area contributed by atoms with Gasteiger partial charge >= 0.3 is 0 Å². The van der Waals surface area contributed by atoms with E-state index in [9.17, 15) is 5.11 Å². The second-order valence-corrected chi connectivity index (χ2v) is 5.22. The lowest BCUT2D eigenvalue weighted by molar-refractivity contribution is -0.174. The maximum absolute atomic E-state index is 10.2. The summed E-state index contributed by atoms with van der Waals surface area (Å²) >= 11 is 0. The van der Waals surface area contributed by atoms with Crippen LogP contribution in [0.1, 0.15) is 0 Å². The molecule has 2 saturated heterocycles. The van der Waals surface area contributed by atoms with Gasteiger partial charge in [-0.3, -0.25) is 4.90 Å². The molecule has 0 unspecified atom stereocenters. The van der Waals surface area contributed by atoms with E-state index >= 15 is 0 Å². The maximum atomic E-state index is 10.2. The van der Waals surface area contributed by atoms with Gasteiger partial charge < -0.3 is 25.2 Å². The number of hydrogen-bond donors (Lipinski definition) is 2. The number of ether oxygens (including phenoxy) is 2. The molecule has 5 atom stereocenters. The summed E-state index contributed by atoms with van der Waals surface area (Å²) in [6, 6.07) is -0.538. The standard InChI is InChI=1S/C11H23N3O3/c1-13(2)4-5-14(3)9-10(15)8(12)7-6-16-11(9)17-7/h7-11,15H,4-6,12H2,1-3H3/t7-,8-,9-,10+,11-/m1/s1. The van der Waals surface area contributed by atoms with Crippen LogP contribution in [0.15, 0.2) is 0 Å². The van der Waals surface area contributed by atoms with Crippen LogP contribution in [0.5, 0.6) is 0 Å². The first-order valence-corrected chi connectivity index (χ1v) is 6.06. The number of aliphatic hydroxyl groups excluding tert-OH is 1. The molecule has 2 bridgehead atoms.